The molecule has 0 fully saturated rings. The Balaban J connectivity index is 1.97. The number of hydrazone groups is 1. The lowest BCUT2D eigenvalue weighted by atomic mass is 10.0. The van der Waals surface area contributed by atoms with Gasteiger partial charge in [0.15, 0.2) is 0 Å². The normalized spacial score (nSPS) is 17.2. The van der Waals surface area contributed by atoms with Crippen LogP contribution in [-0.4, -0.2) is 23.9 Å². The van der Waals surface area contributed by atoms with Crippen molar-refractivity contribution in [2.24, 2.45) is 5.10 Å². The van der Waals surface area contributed by atoms with Gasteiger partial charge < -0.3 is 9.84 Å². The van der Waals surface area contributed by atoms with Crippen molar-refractivity contribution >= 4 is 17.4 Å². The summed E-state index contributed by atoms with van der Waals surface area (Å²) in [6.07, 6.45) is 0.380. The molecule has 0 aromatic heterocycles. The first-order valence-electron chi connectivity index (χ1n) is 6.98. The van der Waals surface area contributed by atoms with Gasteiger partial charge in [0.1, 0.15) is 11.5 Å². The Kier molecular flexibility index (Phi) is 3.78. The molecule has 1 atom stereocenters. The second kappa shape index (κ2) is 5.89. The summed E-state index contributed by atoms with van der Waals surface area (Å²) in [5, 5.41) is 15.3. The van der Waals surface area contributed by atoms with E-state index in [1.54, 1.807) is 12.1 Å². The van der Waals surface area contributed by atoms with Crippen LogP contribution in [0.5, 0.6) is 5.75 Å². The van der Waals surface area contributed by atoms with Crippen molar-refractivity contribution in [3.05, 3.63) is 60.2 Å². The molecule has 0 aliphatic carbocycles. The summed E-state index contributed by atoms with van der Waals surface area (Å²) in [7, 11) is 1.61. The van der Waals surface area contributed by atoms with Gasteiger partial charge in [-0.2, -0.15) is 5.10 Å². The summed E-state index contributed by atoms with van der Waals surface area (Å²) in [6, 6.07) is 17.1. The molecule has 0 saturated carbocycles. The van der Waals surface area contributed by atoms with Crippen LogP contribution in [0.4, 0.5) is 5.69 Å². The minimum Gasteiger partial charge on any atom is -0.497 e. The Morgan fingerprint density at radius 3 is 2.45 bits per heavy atom. The van der Waals surface area contributed by atoms with Crippen LogP contribution >= 0.6 is 0 Å². The number of hydrogen-bond acceptors (Lipinski definition) is 4. The lowest BCUT2D eigenvalue weighted by Gasteiger charge is -2.24. The van der Waals surface area contributed by atoms with Gasteiger partial charge >= 0.3 is 5.97 Å². The Morgan fingerprint density at radius 1 is 1.18 bits per heavy atom. The molecule has 112 valence electrons. The van der Waals surface area contributed by atoms with E-state index in [2.05, 4.69) is 5.10 Å². The van der Waals surface area contributed by atoms with Gasteiger partial charge in [-0.05, 0) is 29.8 Å². The summed E-state index contributed by atoms with van der Waals surface area (Å²) in [6.45, 7) is 0. The van der Waals surface area contributed by atoms with Crippen LogP contribution in [0.2, 0.25) is 0 Å². The van der Waals surface area contributed by atoms with Crippen LogP contribution in [0.3, 0.4) is 0 Å². The molecule has 1 heterocycles. The predicted molar refractivity (Wildman–Crippen MR) is 84.3 cm³/mol. The molecule has 2 aromatic carbocycles. The van der Waals surface area contributed by atoms with Crippen molar-refractivity contribution in [2.45, 2.75) is 12.5 Å². The number of nitrogens with zero attached hydrogens (tertiary/aromatic N) is 2. The second-order valence-electron chi connectivity index (χ2n) is 5.03. The van der Waals surface area contributed by atoms with Gasteiger partial charge in [0.25, 0.3) is 0 Å². The van der Waals surface area contributed by atoms with E-state index in [-0.39, 0.29) is 11.8 Å². The third kappa shape index (κ3) is 2.65. The SMILES string of the molecule is COc1ccc(N2N=C(C(=O)O)C[C@@H]2c2ccccc2)cc1. The molecule has 0 saturated heterocycles. The zero-order chi connectivity index (χ0) is 15.5. The van der Waals surface area contributed by atoms with Crippen molar-refractivity contribution in [3.8, 4) is 5.75 Å². The Hall–Kier alpha value is -2.82. The van der Waals surface area contributed by atoms with Crippen molar-refractivity contribution in [3.63, 3.8) is 0 Å². The topological polar surface area (TPSA) is 62.1 Å². The predicted octanol–water partition coefficient (Wildman–Crippen LogP) is 3.09. The standard InChI is InChI=1S/C17H16N2O3/c1-22-14-9-7-13(8-10-14)19-16(11-15(18-19)17(20)21)12-5-3-2-4-6-12/h2-10,16H,11H2,1H3,(H,20,21)/t16-/m1/s1. The zero-order valence-corrected chi connectivity index (χ0v) is 12.1. The molecule has 0 spiro atoms. The van der Waals surface area contributed by atoms with Gasteiger partial charge in [0.05, 0.1) is 18.8 Å². The highest BCUT2D eigenvalue weighted by molar-refractivity contribution is 6.36. The molecule has 1 N–H and O–H groups in total. The molecule has 0 unspecified atom stereocenters. The first-order chi connectivity index (χ1) is 10.7. The second-order valence-corrected chi connectivity index (χ2v) is 5.03. The first-order valence-corrected chi connectivity index (χ1v) is 6.98. The first kappa shape index (κ1) is 14.1. The van der Waals surface area contributed by atoms with Gasteiger partial charge in [-0.15, -0.1) is 0 Å². The summed E-state index contributed by atoms with van der Waals surface area (Å²) in [5.74, 6) is -0.224. The molecule has 1 aliphatic rings. The molecule has 22 heavy (non-hydrogen) atoms. The number of rotatable bonds is 4. The van der Waals surface area contributed by atoms with Crippen LogP contribution in [0.25, 0.3) is 0 Å². The molecule has 5 heteroatoms. The smallest absolute Gasteiger partial charge is 0.352 e. The zero-order valence-electron chi connectivity index (χ0n) is 12.1. The number of carbonyl (C=O) groups is 1. The molecular weight excluding hydrogens is 280 g/mol. The maximum atomic E-state index is 11.3. The minimum atomic E-state index is -0.975. The summed E-state index contributed by atoms with van der Waals surface area (Å²) < 4.78 is 5.15. The molecule has 5 nitrogen and oxygen atoms in total. The average molecular weight is 296 g/mol. The van der Waals surface area contributed by atoms with E-state index in [9.17, 15) is 9.90 Å². The molecule has 2 aromatic rings. The maximum absolute atomic E-state index is 11.3. The number of hydrogen-bond donors (Lipinski definition) is 1. The van der Waals surface area contributed by atoms with Crippen LogP contribution in [-0.2, 0) is 4.79 Å². The van der Waals surface area contributed by atoms with E-state index < -0.39 is 5.97 Å². The Morgan fingerprint density at radius 2 is 1.86 bits per heavy atom. The van der Waals surface area contributed by atoms with Crippen LogP contribution in [0, 0.1) is 0 Å². The third-order valence-electron chi connectivity index (χ3n) is 3.68. The molecule has 0 radical (unpaired) electrons. The van der Waals surface area contributed by atoms with Crippen molar-refractivity contribution in [1.29, 1.82) is 0 Å². The van der Waals surface area contributed by atoms with Crippen molar-refractivity contribution in [1.82, 2.24) is 0 Å². The summed E-state index contributed by atoms with van der Waals surface area (Å²) >= 11 is 0. The number of anilines is 1. The molecule has 3 rings (SSSR count). The van der Waals surface area contributed by atoms with Gasteiger partial charge in [-0.3, -0.25) is 5.01 Å². The van der Waals surface area contributed by atoms with E-state index >= 15 is 0 Å². The minimum absolute atomic E-state index is 0.110. The summed E-state index contributed by atoms with van der Waals surface area (Å²) in [5.41, 5.74) is 2.05. The van der Waals surface area contributed by atoms with Crippen molar-refractivity contribution < 1.29 is 14.6 Å². The molecule has 0 amide bonds. The van der Waals surface area contributed by atoms with E-state index in [1.165, 1.54) is 0 Å². The number of carboxylic acid groups (broad SMARTS) is 1. The van der Waals surface area contributed by atoms with E-state index in [1.807, 2.05) is 54.6 Å². The van der Waals surface area contributed by atoms with Gasteiger partial charge in [0.2, 0.25) is 0 Å². The van der Waals surface area contributed by atoms with Crippen LogP contribution in [0.15, 0.2) is 59.7 Å². The fraction of sp³-hybridized carbons (Fsp3) is 0.176. The largest absolute Gasteiger partial charge is 0.497 e. The highest BCUT2D eigenvalue weighted by Gasteiger charge is 2.32. The molecule has 0 bridgehead atoms. The molecule has 1 aliphatic heterocycles. The van der Waals surface area contributed by atoms with Gasteiger partial charge in [-0.1, -0.05) is 30.3 Å². The fourth-order valence-electron chi connectivity index (χ4n) is 2.55. The van der Waals surface area contributed by atoms with Crippen molar-refractivity contribution in [2.75, 3.05) is 12.1 Å². The number of benzene rings is 2. The quantitative estimate of drug-likeness (QED) is 0.941. The van der Waals surface area contributed by atoms with Crippen LogP contribution < -0.4 is 9.75 Å². The van der Waals surface area contributed by atoms with E-state index in [0.717, 1.165) is 17.0 Å². The van der Waals surface area contributed by atoms with E-state index in [0.29, 0.717) is 6.42 Å². The summed E-state index contributed by atoms with van der Waals surface area (Å²) in [4.78, 5) is 11.3. The Labute approximate surface area is 128 Å². The third-order valence-corrected chi connectivity index (χ3v) is 3.68. The number of methoxy groups -OCH3 is 1. The monoisotopic (exact) mass is 296 g/mol. The highest BCUT2D eigenvalue weighted by Crippen LogP contribution is 2.35. The van der Waals surface area contributed by atoms with Gasteiger partial charge in [-0.25, -0.2) is 4.79 Å². The lowest BCUT2D eigenvalue weighted by molar-refractivity contribution is -0.129. The van der Waals surface area contributed by atoms with E-state index in [4.69, 9.17) is 4.74 Å². The van der Waals surface area contributed by atoms with Crippen LogP contribution in [0.1, 0.15) is 18.0 Å². The fourth-order valence-corrected chi connectivity index (χ4v) is 2.55. The number of ether oxygens (including phenoxy) is 1. The number of carboxylic acids is 1. The lowest BCUT2D eigenvalue weighted by Crippen LogP contribution is -2.18. The maximum Gasteiger partial charge on any atom is 0.352 e. The van der Waals surface area contributed by atoms with Gasteiger partial charge in [0, 0.05) is 6.42 Å². The number of aliphatic carboxylic acids is 1. The highest BCUT2D eigenvalue weighted by atomic mass is 16.5. The molecular formula is C17H16N2O3. The Bertz CT molecular complexity index is 696. The average Bonchev–Trinajstić information content (AvgIpc) is 3.01.